The van der Waals surface area contributed by atoms with E-state index in [9.17, 15) is 9.59 Å². The molecule has 0 bridgehead atoms. The van der Waals surface area contributed by atoms with Crippen molar-refractivity contribution in [3.05, 3.63) is 34.6 Å². The van der Waals surface area contributed by atoms with Gasteiger partial charge in [0.05, 0.1) is 11.9 Å². The quantitative estimate of drug-likeness (QED) is 0.852. The van der Waals surface area contributed by atoms with Crippen molar-refractivity contribution in [2.24, 2.45) is 0 Å². The van der Waals surface area contributed by atoms with Crippen LogP contribution in [0, 0.1) is 0 Å². The lowest BCUT2D eigenvalue weighted by atomic mass is 10.0. The van der Waals surface area contributed by atoms with Crippen molar-refractivity contribution in [2.75, 3.05) is 19.6 Å². The van der Waals surface area contributed by atoms with Crippen molar-refractivity contribution in [3.63, 3.8) is 0 Å². The Labute approximate surface area is 147 Å². The number of carbonyl (C=O) groups excluding carboxylic acids is 1. The van der Waals surface area contributed by atoms with Crippen molar-refractivity contribution in [3.8, 4) is 0 Å². The Morgan fingerprint density at radius 3 is 2.76 bits per heavy atom. The summed E-state index contributed by atoms with van der Waals surface area (Å²) in [6, 6.07) is 7.34. The van der Waals surface area contributed by atoms with E-state index < -0.39 is 0 Å². The van der Waals surface area contributed by atoms with Crippen molar-refractivity contribution in [1.82, 2.24) is 25.2 Å². The number of nitrogens with one attached hydrogen (secondary N) is 1. The average Bonchev–Trinajstić information content (AvgIpc) is 2.63. The van der Waals surface area contributed by atoms with Crippen LogP contribution in [0.3, 0.4) is 0 Å². The van der Waals surface area contributed by atoms with Gasteiger partial charge in [-0.05, 0) is 37.9 Å². The Morgan fingerprint density at radius 2 is 2.00 bits per heavy atom. The van der Waals surface area contributed by atoms with Crippen LogP contribution in [-0.2, 0) is 11.3 Å². The smallest absolute Gasteiger partial charge is 0.277 e. The molecule has 1 N–H and O–H groups in total. The van der Waals surface area contributed by atoms with E-state index in [2.05, 4.69) is 27.5 Å². The highest BCUT2D eigenvalue weighted by molar-refractivity contribution is 5.77. The molecule has 1 fully saturated rings. The molecule has 1 saturated heterocycles. The van der Waals surface area contributed by atoms with E-state index in [0.29, 0.717) is 10.9 Å². The van der Waals surface area contributed by atoms with Crippen molar-refractivity contribution in [2.45, 2.75) is 45.2 Å². The molecule has 134 valence electrons. The minimum Gasteiger partial charge on any atom is -0.353 e. The zero-order chi connectivity index (χ0) is 17.6. The largest absolute Gasteiger partial charge is 0.353 e. The first-order valence-corrected chi connectivity index (χ1v) is 9.01. The van der Waals surface area contributed by atoms with Crippen LogP contribution >= 0.6 is 0 Å². The van der Waals surface area contributed by atoms with Gasteiger partial charge in [0.2, 0.25) is 5.91 Å². The number of hydrogen-bond donors (Lipinski definition) is 1. The average molecular weight is 343 g/mol. The summed E-state index contributed by atoms with van der Waals surface area (Å²) in [6.45, 7) is 5.63. The van der Waals surface area contributed by atoms with Crippen molar-refractivity contribution < 1.29 is 4.79 Å². The normalized spacial score (nSPS) is 16.2. The first-order chi connectivity index (χ1) is 12.2. The van der Waals surface area contributed by atoms with Gasteiger partial charge < -0.3 is 10.2 Å². The number of piperidine rings is 1. The molecule has 1 aliphatic heterocycles. The van der Waals surface area contributed by atoms with Crippen LogP contribution < -0.4 is 10.9 Å². The van der Waals surface area contributed by atoms with Gasteiger partial charge in [0.25, 0.3) is 5.56 Å². The third-order valence-electron chi connectivity index (χ3n) is 4.67. The first kappa shape index (κ1) is 17.5. The minimum atomic E-state index is -0.203. The molecule has 1 aromatic carbocycles. The molecule has 7 heteroatoms. The lowest BCUT2D eigenvalue weighted by molar-refractivity contribution is -0.122. The van der Waals surface area contributed by atoms with E-state index >= 15 is 0 Å². The van der Waals surface area contributed by atoms with Crippen molar-refractivity contribution in [1.29, 1.82) is 0 Å². The molecule has 1 amide bonds. The van der Waals surface area contributed by atoms with E-state index in [0.717, 1.165) is 32.5 Å². The fraction of sp³-hybridized carbons (Fsp3) is 0.556. The number of aryl methyl sites for hydroxylation is 1. The number of hydrogen-bond acceptors (Lipinski definition) is 5. The zero-order valence-corrected chi connectivity index (χ0v) is 14.6. The highest BCUT2D eigenvalue weighted by Gasteiger charge is 2.20. The van der Waals surface area contributed by atoms with Gasteiger partial charge in [-0.1, -0.05) is 24.3 Å². The molecule has 2 aromatic rings. The molecule has 2 heterocycles. The van der Waals surface area contributed by atoms with Gasteiger partial charge in [0.15, 0.2) is 0 Å². The number of fused-ring (bicyclic) bond motifs is 1. The fourth-order valence-electron chi connectivity index (χ4n) is 3.29. The number of carbonyl (C=O) groups is 1. The zero-order valence-electron chi connectivity index (χ0n) is 14.6. The lowest BCUT2D eigenvalue weighted by Gasteiger charge is -2.32. The monoisotopic (exact) mass is 343 g/mol. The van der Waals surface area contributed by atoms with E-state index in [-0.39, 0.29) is 30.5 Å². The number of benzene rings is 1. The number of nitrogens with zero attached hydrogens (tertiary/aromatic N) is 4. The van der Waals surface area contributed by atoms with Crippen LogP contribution in [0.1, 0.15) is 32.6 Å². The Hall–Kier alpha value is -2.28. The summed E-state index contributed by atoms with van der Waals surface area (Å²) >= 11 is 0. The summed E-state index contributed by atoms with van der Waals surface area (Å²) < 4.78 is 1.27. The Balaban J connectivity index is 1.51. The predicted octanol–water partition coefficient (Wildman–Crippen LogP) is 1.17. The van der Waals surface area contributed by atoms with Gasteiger partial charge in [-0.3, -0.25) is 9.59 Å². The van der Waals surface area contributed by atoms with E-state index in [4.69, 9.17) is 0 Å². The predicted molar refractivity (Wildman–Crippen MR) is 96.3 cm³/mol. The standard InChI is InChI=1S/C18H25N5O2/c1-2-10-22-11-7-14(8-12-22)19-17(24)9-13-23-18(25)15-5-3-4-6-16(15)20-21-23/h3-6,14H,2,7-13H2,1H3,(H,19,24). The molecule has 25 heavy (non-hydrogen) atoms. The van der Waals surface area contributed by atoms with Crippen LogP contribution in [0.2, 0.25) is 0 Å². The molecule has 1 aromatic heterocycles. The number of amides is 1. The van der Waals surface area contributed by atoms with E-state index in [1.165, 1.54) is 11.1 Å². The van der Waals surface area contributed by atoms with E-state index in [1.54, 1.807) is 18.2 Å². The van der Waals surface area contributed by atoms with Gasteiger partial charge >= 0.3 is 0 Å². The Kier molecular flexibility index (Phi) is 5.75. The molecule has 0 radical (unpaired) electrons. The number of aromatic nitrogens is 3. The maximum absolute atomic E-state index is 12.4. The van der Waals surface area contributed by atoms with Crippen LogP contribution in [0.4, 0.5) is 0 Å². The summed E-state index contributed by atoms with van der Waals surface area (Å²) in [6.07, 6.45) is 3.38. The Morgan fingerprint density at radius 1 is 1.24 bits per heavy atom. The molecule has 7 nitrogen and oxygen atoms in total. The van der Waals surface area contributed by atoms with Crippen LogP contribution in [0.25, 0.3) is 10.9 Å². The lowest BCUT2D eigenvalue weighted by Crippen LogP contribution is -2.45. The van der Waals surface area contributed by atoms with Crippen LogP contribution in [0.15, 0.2) is 29.1 Å². The summed E-state index contributed by atoms with van der Waals surface area (Å²) in [5.74, 6) is -0.0317. The van der Waals surface area contributed by atoms with Gasteiger partial charge in [-0.15, -0.1) is 5.10 Å². The van der Waals surface area contributed by atoms with Gasteiger partial charge in [0.1, 0.15) is 5.52 Å². The van der Waals surface area contributed by atoms with Crippen LogP contribution in [-0.4, -0.2) is 51.5 Å². The second kappa shape index (κ2) is 8.20. The summed E-state index contributed by atoms with van der Waals surface area (Å²) in [5.41, 5.74) is 0.373. The minimum absolute atomic E-state index is 0.0317. The SMILES string of the molecule is CCCN1CCC(NC(=O)CCn2nnc3ccccc3c2=O)CC1. The topological polar surface area (TPSA) is 80.1 Å². The Bertz CT molecular complexity index is 780. The summed E-state index contributed by atoms with van der Waals surface area (Å²) in [7, 11) is 0. The van der Waals surface area contributed by atoms with Gasteiger partial charge in [-0.2, -0.15) is 0 Å². The fourth-order valence-corrected chi connectivity index (χ4v) is 3.29. The second-order valence-corrected chi connectivity index (χ2v) is 6.57. The molecular formula is C18H25N5O2. The third-order valence-corrected chi connectivity index (χ3v) is 4.67. The maximum Gasteiger partial charge on any atom is 0.277 e. The van der Waals surface area contributed by atoms with Crippen LogP contribution in [0.5, 0.6) is 0 Å². The molecule has 0 spiro atoms. The number of likely N-dealkylation sites (tertiary alicyclic amines) is 1. The first-order valence-electron chi connectivity index (χ1n) is 9.01. The molecular weight excluding hydrogens is 318 g/mol. The maximum atomic E-state index is 12.4. The van der Waals surface area contributed by atoms with Crippen molar-refractivity contribution >= 4 is 16.8 Å². The third kappa shape index (κ3) is 4.42. The van der Waals surface area contributed by atoms with Gasteiger partial charge in [-0.25, -0.2) is 4.68 Å². The number of rotatable bonds is 6. The summed E-state index contributed by atoms with van der Waals surface area (Å²) in [5, 5.41) is 11.6. The molecule has 0 atom stereocenters. The summed E-state index contributed by atoms with van der Waals surface area (Å²) in [4.78, 5) is 27.0. The van der Waals surface area contributed by atoms with E-state index in [1.807, 2.05) is 6.07 Å². The highest BCUT2D eigenvalue weighted by atomic mass is 16.2. The molecule has 0 unspecified atom stereocenters. The second-order valence-electron chi connectivity index (χ2n) is 6.57. The molecule has 0 saturated carbocycles. The molecule has 3 rings (SSSR count). The van der Waals surface area contributed by atoms with Gasteiger partial charge in [0, 0.05) is 25.6 Å². The molecule has 1 aliphatic rings. The highest BCUT2D eigenvalue weighted by Crippen LogP contribution is 2.10. The molecule has 0 aliphatic carbocycles.